The van der Waals surface area contributed by atoms with Gasteiger partial charge in [-0.3, -0.25) is 0 Å². The Hall–Kier alpha value is -1.47. The lowest BCUT2D eigenvalue weighted by Crippen LogP contribution is -2.15. The predicted molar refractivity (Wildman–Crippen MR) is 104 cm³/mol. The van der Waals surface area contributed by atoms with E-state index < -0.39 is 0 Å². The van der Waals surface area contributed by atoms with Crippen LogP contribution in [0.5, 0.6) is 0 Å². The van der Waals surface area contributed by atoms with Crippen molar-refractivity contribution in [1.82, 2.24) is 0 Å². The molecule has 0 bridgehead atoms. The Morgan fingerprint density at radius 1 is 0.909 bits per heavy atom. The molecule has 1 heteroatoms. The number of rotatable bonds is 1. The first kappa shape index (κ1) is 18.6. The van der Waals surface area contributed by atoms with Crippen molar-refractivity contribution >= 4 is 12.6 Å². The second-order valence-electron chi connectivity index (χ2n) is 5.71. The smallest absolute Gasteiger partial charge is 0.0159 e. The van der Waals surface area contributed by atoms with Crippen LogP contribution in [-0.4, -0.2) is 0 Å². The molecule has 1 aliphatic carbocycles. The summed E-state index contributed by atoms with van der Waals surface area (Å²) in [6.45, 7) is 16.8. The van der Waals surface area contributed by atoms with Gasteiger partial charge in [0, 0.05) is 11.2 Å². The highest BCUT2D eigenvalue weighted by Crippen LogP contribution is 2.49. The van der Waals surface area contributed by atoms with Crippen molar-refractivity contribution in [2.24, 2.45) is 0 Å². The Morgan fingerprint density at radius 3 is 1.95 bits per heavy atom. The Balaban J connectivity index is 0.000000561. The predicted octanol–water partition coefficient (Wildman–Crippen LogP) is 6.56. The monoisotopic (exact) mass is 312 g/mol. The minimum Gasteiger partial charge on any atom is -0.175 e. The highest BCUT2D eigenvalue weighted by Gasteiger charge is 2.35. The summed E-state index contributed by atoms with van der Waals surface area (Å²) >= 11 is 4.39. The summed E-state index contributed by atoms with van der Waals surface area (Å²) < 4.78 is 0. The average molecular weight is 313 g/mol. The van der Waals surface area contributed by atoms with Crippen molar-refractivity contribution in [3.63, 3.8) is 0 Å². The fraction of sp³-hybridized carbons (Fsp3) is 0.333. The zero-order valence-corrected chi connectivity index (χ0v) is 15.4. The number of aryl methyl sites for hydroxylation is 1. The van der Waals surface area contributed by atoms with Gasteiger partial charge in [-0.15, -0.1) is 13.2 Å². The van der Waals surface area contributed by atoms with Crippen LogP contribution in [0.3, 0.4) is 0 Å². The van der Waals surface area contributed by atoms with E-state index in [1.54, 1.807) is 0 Å². The van der Waals surface area contributed by atoms with Gasteiger partial charge in [0.1, 0.15) is 0 Å². The molecule has 0 fully saturated rings. The molecule has 0 saturated carbocycles. The van der Waals surface area contributed by atoms with Crippen LogP contribution in [0.1, 0.15) is 49.9 Å². The summed E-state index contributed by atoms with van der Waals surface area (Å²) in [5, 5.41) is 0. The molecule has 0 saturated heterocycles. The van der Waals surface area contributed by atoms with Gasteiger partial charge in [-0.1, -0.05) is 69.7 Å². The summed E-state index contributed by atoms with van der Waals surface area (Å²) in [4.78, 5) is 0. The quantitative estimate of drug-likeness (QED) is 0.447. The molecule has 0 aliphatic heterocycles. The lowest BCUT2D eigenvalue weighted by Gasteiger charge is -2.22. The maximum absolute atomic E-state index is 4.39. The van der Waals surface area contributed by atoms with Gasteiger partial charge < -0.3 is 0 Å². The Kier molecular flexibility index (Phi) is 6.49. The minimum atomic E-state index is 0.107. The van der Waals surface area contributed by atoms with Gasteiger partial charge in [0.05, 0.1) is 0 Å². The van der Waals surface area contributed by atoms with Crippen LogP contribution in [0.4, 0.5) is 0 Å². The van der Waals surface area contributed by atoms with E-state index in [1.165, 1.54) is 33.4 Å². The molecule has 2 aromatic rings. The molecule has 0 aromatic heterocycles. The third kappa shape index (κ3) is 3.15. The van der Waals surface area contributed by atoms with Crippen LogP contribution in [0.25, 0.3) is 11.1 Å². The maximum Gasteiger partial charge on any atom is 0.0159 e. The fourth-order valence-corrected chi connectivity index (χ4v) is 3.19. The van der Waals surface area contributed by atoms with Gasteiger partial charge in [0.25, 0.3) is 0 Å². The van der Waals surface area contributed by atoms with E-state index in [-0.39, 0.29) is 5.41 Å². The lowest BCUT2D eigenvalue weighted by molar-refractivity contribution is 0.659. The first-order valence-electron chi connectivity index (χ1n) is 7.90. The summed E-state index contributed by atoms with van der Waals surface area (Å²) in [6.07, 6.45) is 0. The van der Waals surface area contributed by atoms with E-state index in [1.807, 2.05) is 13.8 Å². The van der Waals surface area contributed by atoms with E-state index in [0.29, 0.717) is 0 Å². The van der Waals surface area contributed by atoms with E-state index in [0.717, 1.165) is 5.75 Å². The van der Waals surface area contributed by atoms with Crippen LogP contribution in [0, 0.1) is 6.92 Å². The van der Waals surface area contributed by atoms with Crippen LogP contribution < -0.4 is 0 Å². The average Bonchev–Trinajstić information content (AvgIpc) is 2.78. The van der Waals surface area contributed by atoms with Crippen LogP contribution in [0.2, 0.25) is 0 Å². The van der Waals surface area contributed by atoms with E-state index in [9.17, 15) is 0 Å². The molecular formula is C21H28S. The molecule has 0 amide bonds. The highest BCUT2D eigenvalue weighted by atomic mass is 32.1. The largest absolute Gasteiger partial charge is 0.175 e. The Labute approximate surface area is 141 Å². The summed E-state index contributed by atoms with van der Waals surface area (Å²) in [6, 6.07) is 13.6. The van der Waals surface area contributed by atoms with Gasteiger partial charge in [0.15, 0.2) is 0 Å². The van der Waals surface area contributed by atoms with Crippen LogP contribution in [0.15, 0.2) is 49.6 Å². The van der Waals surface area contributed by atoms with Crippen molar-refractivity contribution in [3.05, 3.63) is 71.8 Å². The molecule has 0 unspecified atom stereocenters. The summed E-state index contributed by atoms with van der Waals surface area (Å²) in [7, 11) is 0. The topological polar surface area (TPSA) is 0 Å². The molecule has 0 nitrogen and oxygen atoms in total. The van der Waals surface area contributed by atoms with Gasteiger partial charge in [-0.2, -0.15) is 12.6 Å². The number of fused-ring (bicyclic) bond motifs is 3. The molecule has 118 valence electrons. The second-order valence-corrected chi connectivity index (χ2v) is 6.03. The molecule has 3 rings (SSSR count). The SMILES string of the molecule is C=C.CC.Cc1ccc2c(c1)C(C)(C)c1cc(CS)ccc1-2. The van der Waals surface area contributed by atoms with E-state index >= 15 is 0 Å². The fourth-order valence-electron chi connectivity index (χ4n) is 3.00. The molecule has 0 N–H and O–H groups in total. The Bertz CT molecular complexity index is 638. The number of thiol groups is 1. The molecule has 0 atom stereocenters. The third-order valence-electron chi connectivity index (χ3n) is 4.08. The highest BCUT2D eigenvalue weighted by molar-refractivity contribution is 7.79. The lowest BCUT2D eigenvalue weighted by atomic mass is 9.81. The third-order valence-corrected chi connectivity index (χ3v) is 4.44. The normalized spacial score (nSPS) is 13.0. The van der Waals surface area contributed by atoms with Crippen molar-refractivity contribution in [1.29, 1.82) is 0 Å². The molecule has 0 radical (unpaired) electrons. The summed E-state index contributed by atoms with van der Waals surface area (Å²) in [5.74, 6) is 0.804. The van der Waals surface area contributed by atoms with Gasteiger partial charge in [-0.05, 0) is 34.7 Å². The first-order valence-corrected chi connectivity index (χ1v) is 8.53. The second kappa shape index (κ2) is 7.69. The van der Waals surface area contributed by atoms with E-state index in [4.69, 9.17) is 0 Å². The molecule has 0 spiro atoms. The zero-order chi connectivity index (χ0) is 16.9. The number of hydrogen-bond donors (Lipinski definition) is 1. The maximum atomic E-state index is 4.39. The molecule has 0 heterocycles. The molecule has 22 heavy (non-hydrogen) atoms. The summed E-state index contributed by atoms with van der Waals surface area (Å²) in [5.41, 5.74) is 8.42. The number of benzene rings is 2. The van der Waals surface area contributed by atoms with Gasteiger partial charge in [-0.25, -0.2) is 0 Å². The van der Waals surface area contributed by atoms with Gasteiger partial charge >= 0.3 is 0 Å². The number of hydrogen-bond acceptors (Lipinski definition) is 1. The van der Waals surface area contributed by atoms with Crippen LogP contribution in [-0.2, 0) is 11.2 Å². The minimum absolute atomic E-state index is 0.107. The Morgan fingerprint density at radius 2 is 1.41 bits per heavy atom. The van der Waals surface area contributed by atoms with Crippen molar-refractivity contribution in [2.75, 3.05) is 0 Å². The first-order chi connectivity index (χ1) is 10.5. The van der Waals surface area contributed by atoms with Crippen molar-refractivity contribution < 1.29 is 0 Å². The van der Waals surface area contributed by atoms with Gasteiger partial charge in [0.2, 0.25) is 0 Å². The molecular weight excluding hydrogens is 284 g/mol. The molecule has 1 aliphatic rings. The van der Waals surface area contributed by atoms with E-state index in [2.05, 4.69) is 83.0 Å². The van der Waals surface area contributed by atoms with Crippen LogP contribution >= 0.6 is 12.6 Å². The van der Waals surface area contributed by atoms with Crippen molar-refractivity contribution in [2.45, 2.75) is 45.8 Å². The molecule has 2 aromatic carbocycles. The standard InChI is InChI=1S/C17H18S.C2H6.C2H4/c1-11-4-6-13-14-7-5-12(10-18)9-16(14)17(2,3)15(13)8-11;2*1-2/h4-9,18H,10H2,1-3H3;1-2H3;1-2H2. The zero-order valence-electron chi connectivity index (χ0n) is 14.5. The van der Waals surface area contributed by atoms with Crippen molar-refractivity contribution in [3.8, 4) is 11.1 Å².